The molecule has 0 radical (unpaired) electrons. The zero-order valence-corrected chi connectivity index (χ0v) is 14.4. The van der Waals surface area contributed by atoms with Gasteiger partial charge in [-0.05, 0) is 41.8 Å². The molecule has 2 aromatic heterocycles. The maximum absolute atomic E-state index is 12.5. The van der Waals surface area contributed by atoms with Gasteiger partial charge in [0.1, 0.15) is 12.3 Å². The van der Waals surface area contributed by atoms with Crippen LogP contribution >= 0.6 is 11.3 Å². The Balaban J connectivity index is 1.55. The van der Waals surface area contributed by atoms with Crippen molar-refractivity contribution in [1.29, 1.82) is 0 Å². The van der Waals surface area contributed by atoms with E-state index in [1.165, 1.54) is 23.5 Å². The van der Waals surface area contributed by atoms with Crippen molar-refractivity contribution in [3.05, 3.63) is 64.6 Å². The Morgan fingerprint density at radius 3 is 2.48 bits per heavy atom. The van der Waals surface area contributed by atoms with Gasteiger partial charge in [0.15, 0.2) is 5.69 Å². The minimum absolute atomic E-state index is 0.192. The molecule has 10 heteroatoms. The van der Waals surface area contributed by atoms with Gasteiger partial charge in [-0.3, -0.25) is 9.48 Å². The lowest BCUT2D eigenvalue weighted by Crippen LogP contribution is -2.17. The van der Waals surface area contributed by atoms with Crippen LogP contribution in [0.1, 0.15) is 15.4 Å². The molecule has 1 aromatic carbocycles. The van der Waals surface area contributed by atoms with Gasteiger partial charge in [0.2, 0.25) is 0 Å². The second-order valence-corrected chi connectivity index (χ2v) is 6.27. The molecule has 6 nitrogen and oxygen atoms in total. The number of carbonyl (C=O) groups excluding carboxylic acids is 2. The molecular weight excluding hydrogens is 383 g/mol. The first-order valence-electron chi connectivity index (χ1n) is 7.57. The lowest BCUT2D eigenvalue weighted by molar-refractivity contribution is -0.142. The van der Waals surface area contributed by atoms with Gasteiger partial charge >= 0.3 is 12.1 Å². The highest BCUT2D eigenvalue weighted by Crippen LogP contribution is 2.27. The van der Waals surface area contributed by atoms with Gasteiger partial charge in [-0.15, -0.1) is 11.3 Å². The van der Waals surface area contributed by atoms with Crippen LogP contribution in [0.25, 0.3) is 0 Å². The van der Waals surface area contributed by atoms with Crippen LogP contribution in [0, 0.1) is 0 Å². The first-order valence-corrected chi connectivity index (χ1v) is 8.45. The zero-order chi connectivity index (χ0) is 19.4. The molecule has 140 valence electrons. The van der Waals surface area contributed by atoms with Crippen LogP contribution in [0.3, 0.4) is 0 Å². The van der Waals surface area contributed by atoms with Crippen molar-refractivity contribution in [2.24, 2.45) is 0 Å². The van der Waals surface area contributed by atoms with Crippen LogP contribution in [0.5, 0.6) is 5.75 Å². The Bertz CT molecular complexity index is 934. The highest BCUT2D eigenvalue weighted by Gasteiger charge is 2.33. The van der Waals surface area contributed by atoms with Crippen LogP contribution < -0.4 is 10.1 Å². The van der Waals surface area contributed by atoms with Crippen molar-refractivity contribution >= 4 is 28.9 Å². The van der Waals surface area contributed by atoms with E-state index in [4.69, 9.17) is 4.74 Å². The first-order chi connectivity index (χ1) is 12.8. The molecule has 0 atom stereocenters. The van der Waals surface area contributed by atoms with E-state index < -0.39 is 24.4 Å². The summed E-state index contributed by atoms with van der Waals surface area (Å²) in [6.45, 7) is -0.465. The Morgan fingerprint density at radius 1 is 1.15 bits per heavy atom. The minimum Gasteiger partial charge on any atom is -0.425 e. The molecule has 0 saturated heterocycles. The molecule has 2 heterocycles. The molecule has 0 aliphatic carbocycles. The predicted molar refractivity (Wildman–Crippen MR) is 91.6 cm³/mol. The van der Waals surface area contributed by atoms with Crippen molar-refractivity contribution in [2.75, 3.05) is 5.32 Å². The number of aromatic nitrogens is 2. The topological polar surface area (TPSA) is 73.2 Å². The average molecular weight is 395 g/mol. The fourth-order valence-electron chi connectivity index (χ4n) is 2.10. The van der Waals surface area contributed by atoms with Crippen LogP contribution in [0.15, 0.2) is 54.0 Å². The molecule has 0 aliphatic heterocycles. The van der Waals surface area contributed by atoms with Crippen LogP contribution in [-0.2, 0) is 17.5 Å². The lowest BCUT2D eigenvalue weighted by Gasteiger charge is -2.07. The second kappa shape index (κ2) is 7.62. The molecule has 0 bridgehead atoms. The predicted octanol–water partition coefficient (Wildman–Crippen LogP) is 3.82. The number of thiophene rings is 1. The number of carbonyl (C=O) groups is 2. The molecule has 1 N–H and O–H groups in total. The fraction of sp³-hybridized carbons (Fsp3) is 0.118. The van der Waals surface area contributed by atoms with Gasteiger partial charge in [-0.2, -0.15) is 18.3 Å². The first kappa shape index (κ1) is 18.6. The smallest absolute Gasteiger partial charge is 0.425 e. The number of nitrogens with zero attached hydrogens (tertiary/aromatic N) is 2. The van der Waals surface area contributed by atoms with E-state index in [1.54, 1.807) is 29.6 Å². The summed E-state index contributed by atoms with van der Waals surface area (Å²) in [5, 5.41) is 7.76. The Labute approximate surface area is 155 Å². The number of halogens is 3. The number of ether oxygens (including phenoxy) is 1. The van der Waals surface area contributed by atoms with E-state index in [0.717, 1.165) is 16.9 Å². The van der Waals surface area contributed by atoms with Crippen LogP contribution in [0.4, 0.5) is 18.9 Å². The third-order valence-corrected chi connectivity index (χ3v) is 4.18. The number of benzene rings is 1. The normalized spacial score (nSPS) is 11.2. The summed E-state index contributed by atoms with van der Waals surface area (Å²) in [6.07, 6.45) is -3.52. The maximum atomic E-state index is 12.5. The number of amides is 1. The molecule has 3 rings (SSSR count). The van der Waals surface area contributed by atoms with Crippen molar-refractivity contribution in [1.82, 2.24) is 9.78 Å². The largest absolute Gasteiger partial charge is 0.435 e. The number of esters is 1. The van der Waals surface area contributed by atoms with Crippen LogP contribution in [0.2, 0.25) is 0 Å². The Kier molecular flexibility index (Phi) is 5.26. The summed E-state index contributed by atoms with van der Waals surface area (Å²) >= 11 is 1.31. The van der Waals surface area contributed by atoms with Crippen molar-refractivity contribution in [3.63, 3.8) is 0 Å². The summed E-state index contributed by atoms with van der Waals surface area (Å²) in [7, 11) is 0. The van der Waals surface area contributed by atoms with E-state index in [-0.39, 0.29) is 11.7 Å². The van der Waals surface area contributed by atoms with Gasteiger partial charge in [0.05, 0.1) is 4.88 Å². The molecule has 3 aromatic rings. The van der Waals surface area contributed by atoms with Crippen LogP contribution in [-0.4, -0.2) is 21.7 Å². The monoisotopic (exact) mass is 395 g/mol. The third kappa shape index (κ3) is 4.94. The van der Waals surface area contributed by atoms with E-state index in [2.05, 4.69) is 10.4 Å². The number of alkyl halides is 3. The molecule has 0 unspecified atom stereocenters. The molecule has 27 heavy (non-hydrogen) atoms. The van der Waals surface area contributed by atoms with Gasteiger partial charge in [0.25, 0.3) is 5.91 Å². The second-order valence-electron chi connectivity index (χ2n) is 5.33. The van der Waals surface area contributed by atoms with E-state index in [9.17, 15) is 22.8 Å². The van der Waals surface area contributed by atoms with Crippen molar-refractivity contribution in [2.45, 2.75) is 12.7 Å². The highest BCUT2D eigenvalue weighted by atomic mass is 32.1. The fourth-order valence-corrected chi connectivity index (χ4v) is 2.72. The van der Waals surface area contributed by atoms with Crippen molar-refractivity contribution < 1.29 is 27.5 Å². The molecule has 0 fully saturated rings. The summed E-state index contributed by atoms with van der Waals surface area (Å²) < 4.78 is 43.3. The van der Waals surface area contributed by atoms with E-state index >= 15 is 0 Å². The molecule has 0 saturated carbocycles. The maximum Gasteiger partial charge on any atom is 0.435 e. The Morgan fingerprint density at radius 2 is 1.89 bits per heavy atom. The lowest BCUT2D eigenvalue weighted by atomic mass is 10.3. The third-order valence-electron chi connectivity index (χ3n) is 3.31. The molecule has 0 spiro atoms. The molecule has 0 aliphatic rings. The summed E-state index contributed by atoms with van der Waals surface area (Å²) in [6, 6.07) is 10.2. The zero-order valence-electron chi connectivity index (χ0n) is 13.6. The van der Waals surface area contributed by atoms with Gasteiger partial charge in [0, 0.05) is 11.9 Å². The number of nitrogens with one attached hydrogen (secondary N) is 1. The number of anilines is 1. The minimum atomic E-state index is -4.57. The summed E-state index contributed by atoms with van der Waals surface area (Å²) in [4.78, 5) is 24.3. The number of hydrogen-bond acceptors (Lipinski definition) is 5. The van der Waals surface area contributed by atoms with Gasteiger partial charge in [-0.25, -0.2) is 4.79 Å². The van der Waals surface area contributed by atoms with E-state index in [0.29, 0.717) is 10.6 Å². The number of hydrogen-bond donors (Lipinski definition) is 1. The molecular formula is C17H12F3N3O3S. The summed E-state index contributed by atoms with van der Waals surface area (Å²) in [5.41, 5.74) is -0.573. The SMILES string of the molecule is O=C(Cn1ccc(C(F)(F)F)n1)Oc1ccc(NC(=O)c2cccs2)cc1. The molecule has 1 amide bonds. The van der Waals surface area contributed by atoms with Crippen molar-refractivity contribution in [3.8, 4) is 5.75 Å². The van der Waals surface area contributed by atoms with E-state index in [1.807, 2.05) is 0 Å². The van der Waals surface area contributed by atoms with Gasteiger partial charge < -0.3 is 10.1 Å². The van der Waals surface area contributed by atoms with Gasteiger partial charge in [-0.1, -0.05) is 6.07 Å². The Hall–Kier alpha value is -3.14. The summed E-state index contributed by atoms with van der Waals surface area (Å²) in [5.74, 6) is -0.839. The highest BCUT2D eigenvalue weighted by molar-refractivity contribution is 7.12. The standard InChI is InChI=1S/C17H12F3N3O3S/c18-17(19,20)14-7-8-23(22-14)10-15(24)26-12-5-3-11(4-6-12)21-16(25)13-2-1-9-27-13/h1-9H,10H2,(H,21,25). The average Bonchev–Trinajstić information content (AvgIpc) is 3.27. The quantitative estimate of drug-likeness (QED) is 0.527. The number of rotatable bonds is 5.